The highest BCUT2D eigenvalue weighted by molar-refractivity contribution is 5.38. The molecule has 3 N–H and O–H groups in total. The second-order valence-corrected chi connectivity index (χ2v) is 4.57. The van der Waals surface area contributed by atoms with Gasteiger partial charge >= 0.3 is 0 Å². The summed E-state index contributed by atoms with van der Waals surface area (Å²) < 4.78 is 40.0. The Balaban J connectivity index is 2.59. The number of hydrogen-bond donors (Lipinski definition) is 2. The molecule has 0 spiro atoms. The van der Waals surface area contributed by atoms with Crippen molar-refractivity contribution in [1.82, 2.24) is 0 Å². The number of benzene rings is 1. The van der Waals surface area contributed by atoms with Gasteiger partial charge in [-0.2, -0.15) is 4.39 Å². The molecule has 2 nitrogen and oxygen atoms in total. The normalized spacial score (nSPS) is 18.6. The number of aromatic hydroxyl groups is 1. The summed E-state index contributed by atoms with van der Waals surface area (Å²) in [7, 11) is 0. The Morgan fingerprint density at radius 1 is 1.18 bits per heavy atom. The molecular weight excluding hydrogens is 231 g/mol. The Labute approximate surface area is 97.2 Å². The monoisotopic (exact) mass is 245 g/mol. The minimum absolute atomic E-state index is 0.00565. The topological polar surface area (TPSA) is 46.2 Å². The Morgan fingerprint density at radius 3 is 2.29 bits per heavy atom. The van der Waals surface area contributed by atoms with Crippen LogP contribution in [0.1, 0.15) is 31.2 Å². The van der Waals surface area contributed by atoms with Crippen molar-refractivity contribution in [1.29, 1.82) is 0 Å². The van der Waals surface area contributed by atoms with E-state index in [-0.39, 0.29) is 12.1 Å². The number of rotatable bonds is 2. The fourth-order valence-corrected chi connectivity index (χ4v) is 2.61. The lowest BCUT2D eigenvalue weighted by atomic mass is 9.78. The molecule has 94 valence electrons. The van der Waals surface area contributed by atoms with Crippen LogP contribution in [0.15, 0.2) is 6.07 Å². The molecule has 0 heterocycles. The third-order valence-electron chi connectivity index (χ3n) is 3.66. The third-order valence-corrected chi connectivity index (χ3v) is 3.66. The zero-order valence-electron chi connectivity index (χ0n) is 9.27. The standard InChI is InChI=1S/C12H14F3NO/c13-8-5-7(9(14)11(17)10(8)15)12(6-16)3-1-2-4-12/h5,17H,1-4,6,16H2. The average Bonchev–Trinajstić information content (AvgIpc) is 2.81. The molecule has 1 aliphatic rings. The maximum absolute atomic E-state index is 13.8. The van der Waals surface area contributed by atoms with E-state index in [9.17, 15) is 18.3 Å². The van der Waals surface area contributed by atoms with Gasteiger partial charge < -0.3 is 10.8 Å². The van der Waals surface area contributed by atoms with Crippen LogP contribution in [0.2, 0.25) is 0 Å². The highest BCUT2D eigenvalue weighted by Crippen LogP contribution is 2.43. The van der Waals surface area contributed by atoms with Crippen LogP contribution in [0, 0.1) is 17.5 Å². The van der Waals surface area contributed by atoms with E-state index in [0.717, 1.165) is 18.9 Å². The molecule has 0 radical (unpaired) electrons. The lowest BCUT2D eigenvalue weighted by Crippen LogP contribution is -2.33. The van der Waals surface area contributed by atoms with Gasteiger partial charge in [-0.25, -0.2) is 8.78 Å². The molecule has 0 bridgehead atoms. The predicted molar refractivity (Wildman–Crippen MR) is 57.2 cm³/mol. The first kappa shape index (κ1) is 12.2. The summed E-state index contributed by atoms with van der Waals surface area (Å²) in [5.74, 6) is -5.12. The van der Waals surface area contributed by atoms with Crippen molar-refractivity contribution in [2.45, 2.75) is 31.1 Å². The van der Waals surface area contributed by atoms with E-state index < -0.39 is 28.6 Å². The number of hydrogen-bond acceptors (Lipinski definition) is 2. The van der Waals surface area contributed by atoms with Gasteiger partial charge in [-0.1, -0.05) is 12.8 Å². The Hall–Kier alpha value is -1.23. The second kappa shape index (κ2) is 4.22. The lowest BCUT2D eigenvalue weighted by molar-refractivity contribution is 0.353. The van der Waals surface area contributed by atoms with Crippen molar-refractivity contribution >= 4 is 0 Å². The Bertz CT molecular complexity index is 442. The fraction of sp³-hybridized carbons (Fsp3) is 0.500. The van der Waals surface area contributed by atoms with Crippen LogP contribution in [-0.4, -0.2) is 11.7 Å². The summed E-state index contributed by atoms with van der Waals surface area (Å²) in [6.07, 6.45) is 3.00. The van der Waals surface area contributed by atoms with Gasteiger partial charge in [-0.3, -0.25) is 0 Å². The van der Waals surface area contributed by atoms with Gasteiger partial charge in [0, 0.05) is 17.5 Å². The second-order valence-electron chi connectivity index (χ2n) is 4.57. The number of phenolic OH excluding ortho intramolecular Hbond substituents is 1. The van der Waals surface area contributed by atoms with Gasteiger partial charge in [-0.15, -0.1) is 0 Å². The lowest BCUT2D eigenvalue weighted by Gasteiger charge is -2.28. The molecule has 1 aromatic carbocycles. The van der Waals surface area contributed by atoms with Crippen molar-refractivity contribution in [3.63, 3.8) is 0 Å². The molecule has 17 heavy (non-hydrogen) atoms. The minimum atomic E-state index is -1.54. The summed E-state index contributed by atoms with van der Waals surface area (Å²) in [6.45, 7) is 0.161. The zero-order chi connectivity index (χ0) is 12.6. The molecule has 0 aromatic heterocycles. The Kier molecular flexibility index (Phi) is 3.03. The van der Waals surface area contributed by atoms with E-state index in [2.05, 4.69) is 0 Å². The molecule has 1 fully saturated rings. The van der Waals surface area contributed by atoms with E-state index in [4.69, 9.17) is 5.73 Å². The van der Waals surface area contributed by atoms with E-state index in [1.165, 1.54) is 0 Å². The summed E-state index contributed by atoms with van der Waals surface area (Å²) in [5.41, 5.74) is 4.97. The molecule has 1 aromatic rings. The summed E-state index contributed by atoms with van der Waals surface area (Å²) in [6, 6.07) is 0.822. The fourth-order valence-electron chi connectivity index (χ4n) is 2.61. The van der Waals surface area contributed by atoms with E-state index in [1.54, 1.807) is 0 Å². The highest BCUT2D eigenvalue weighted by atomic mass is 19.2. The number of nitrogens with two attached hydrogens (primary N) is 1. The molecule has 0 unspecified atom stereocenters. The predicted octanol–water partition coefficient (Wildman–Crippen LogP) is 2.58. The number of phenols is 1. The summed E-state index contributed by atoms with van der Waals surface area (Å²) in [5, 5.41) is 9.21. The molecule has 0 amide bonds. The van der Waals surface area contributed by atoms with E-state index in [0.29, 0.717) is 12.8 Å². The summed E-state index contributed by atoms with van der Waals surface area (Å²) in [4.78, 5) is 0. The van der Waals surface area contributed by atoms with E-state index >= 15 is 0 Å². The maximum atomic E-state index is 13.8. The van der Waals surface area contributed by atoms with Crippen LogP contribution >= 0.6 is 0 Å². The van der Waals surface area contributed by atoms with Crippen LogP contribution in [-0.2, 0) is 5.41 Å². The first-order valence-corrected chi connectivity index (χ1v) is 5.59. The molecular formula is C12H14F3NO. The van der Waals surface area contributed by atoms with Gasteiger partial charge in [0.05, 0.1) is 0 Å². The molecule has 1 saturated carbocycles. The molecule has 5 heteroatoms. The molecule has 1 aliphatic carbocycles. The maximum Gasteiger partial charge on any atom is 0.203 e. The van der Waals surface area contributed by atoms with Gasteiger partial charge in [-0.05, 0) is 18.9 Å². The molecule has 0 saturated heterocycles. The van der Waals surface area contributed by atoms with Crippen molar-refractivity contribution < 1.29 is 18.3 Å². The van der Waals surface area contributed by atoms with Gasteiger partial charge in [0.25, 0.3) is 0 Å². The smallest absolute Gasteiger partial charge is 0.203 e. The minimum Gasteiger partial charge on any atom is -0.503 e. The van der Waals surface area contributed by atoms with Crippen LogP contribution < -0.4 is 5.73 Å². The first-order valence-electron chi connectivity index (χ1n) is 5.59. The Morgan fingerprint density at radius 2 is 1.76 bits per heavy atom. The van der Waals surface area contributed by atoms with Gasteiger partial charge in [0.15, 0.2) is 17.4 Å². The SMILES string of the molecule is NCC1(c2cc(F)c(F)c(O)c2F)CCCC1. The quantitative estimate of drug-likeness (QED) is 0.787. The zero-order valence-corrected chi connectivity index (χ0v) is 9.27. The van der Waals surface area contributed by atoms with Crippen molar-refractivity contribution in [3.05, 3.63) is 29.1 Å². The summed E-state index contributed by atoms with van der Waals surface area (Å²) >= 11 is 0. The van der Waals surface area contributed by atoms with Crippen molar-refractivity contribution in [2.24, 2.45) is 5.73 Å². The molecule has 2 rings (SSSR count). The van der Waals surface area contributed by atoms with Crippen LogP contribution in [0.3, 0.4) is 0 Å². The van der Waals surface area contributed by atoms with Gasteiger partial charge in [0.2, 0.25) is 5.82 Å². The first-order chi connectivity index (χ1) is 8.02. The number of halogens is 3. The van der Waals surface area contributed by atoms with E-state index in [1.807, 2.05) is 0 Å². The van der Waals surface area contributed by atoms with Crippen LogP contribution in [0.4, 0.5) is 13.2 Å². The molecule has 0 atom stereocenters. The van der Waals surface area contributed by atoms with Crippen molar-refractivity contribution in [3.8, 4) is 5.75 Å². The van der Waals surface area contributed by atoms with Crippen LogP contribution in [0.5, 0.6) is 5.75 Å². The van der Waals surface area contributed by atoms with Gasteiger partial charge in [0.1, 0.15) is 0 Å². The van der Waals surface area contributed by atoms with Crippen LogP contribution in [0.25, 0.3) is 0 Å². The molecule has 0 aliphatic heterocycles. The van der Waals surface area contributed by atoms with Crippen molar-refractivity contribution in [2.75, 3.05) is 6.54 Å². The third kappa shape index (κ3) is 1.78. The largest absolute Gasteiger partial charge is 0.503 e. The average molecular weight is 245 g/mol. The highest BCUT2D eigenvalue weighted by Gasteiger charge is 2.38.